The smallest absolute Gasteiger partial charge is 0.287 e. The molecule has 1 saturated carbocycles. The number of hydrogen-bond acceptors (Lipinski definition) is 1. The van der Waals surface area contributed by atoms with Crippen molar-refractivity contribution in [2.45, 2.75) is 39.0 Å². The predicted molar refractivity (Wildman–Crippen MR) is 73.5 cm³/mol. The quantitative estimate of drug-likeness (QED) is 0.727. The third kappa shape index (κ3) is 2.43. The molecule has 0 amide bonds. The van der Waals surface area contributed by atoms with Gasteiger partial charge in [0.15, 0.2) is 6.21 Å². The van der Waals surface area contributed by atoms with Crippen molar-refractivity contribution >= 4 is 6.21 Å². The lowest BCUT2D eigenvalue weighted by atomic mass is 9.89. The average Bonchev–Trinajstić information content (AvgIpc) is 2.40. The first-order valence-electron chi connectivity index (χ1n) is 7.14. The molecule has 2 aliphatic rings. The van der Waals surface area contributed by atoms with Crippen LogP contribution in [0.4, 0.5) is 0 Å². The summed E-state index contributed by atoms with van der Waals surface area (Å²) in [5.41, 5.74) is 2.47. The SMILES string of the molecule is Cc1cccc2c1OC[N+](CC1CCCCC1)=C2. The highest BCUT2D eigenvalue weighted by Gasteiger charge is 2.23. The highest BCUT2D eigenvalue weighted by molar-refractivity contribution is 5.81. The van der Waals surface area contributed by atoms with E-state index in [4.69, 9.17) is 4.74 Å². The summed E-state index contributed by atoms with van der Waals surface area (Å²) in [7, 11) is 0. The van der Waals surface area contributed by atoms with Crippen LogP contribution in [0.5, 0.6) is 5.75 Å². The largest absolute Gasteiger partial charge is 0.435 e. The Morgan fingerprint density at radius 3 is 2.89 bits per heavy atom. The van der Waals surface area contributed by atoms with Gasteiger partial charge in [-0.2, -0.15) is 0 Å². The summed E-state index contributed by atoms with van der Waals surface area (Å²) in [5, 5.41) is 0. The fourth-order valence-corrected chi connectivity index (χ4v) is 3.16. The first-order chi connectivity index (χ1) is 8.83. The number of para-hydroxylation sites is 1. The van der Waals surface area contributed by atoms with Crippen molar-refractivity contribution in [3.8, 4) is 5.75 Å². The maximum absolute atomic E-state index is 5.90. The molecule has 1 aliphatic heterocycles. The van der Waals surface area contributed by atoms with Gasteiger partial charge in [-0.25, -0.2) is 4.58 Å². The number of aryl methyl sites for hydroxylation is 1. The topological polar surface area (TPSA) is 12.2 Å². The van der Waals surface area contributed by atoms with Gasteiger partial charge in [-0.05, 0) is 31.4 Å². The minimum Gasteiger partial charge on any atom is -0.435 e. The van der Waals surface area contributed by atoms with Crippen LogP contribution in [0.1, 0.15) is 43.2 Å². The van der Waals surface area contributed by atoms with Crippen LogP contribution >= 0.6 is 0 Å². The van der Waals surface area contributed by atoms with Gasteiger partial charge in [0.25, 0.3) is 6.73 Å². The van der Waals surface area contributed by atoms with Crippen LogP contribution in [0.3, 0.4) is 0 Å². The van der Waals surface area contributed by atoms with Crippen LogP contribution in [0.2, 0.25) is 0 Å². The Morgan fingerprint density at radius 2 is 2.06 bits per heavy atom. The third-order valence-corrected chi connectivity index (χ3v) is 4.16. The summed E-state index contributed by atoms with van der Waals surface area (Å²) in [6.45, 7) is 3.99. The fraction of sp³-hybridized carbons (Fsp3) is 0.562. The minimum absolute atomic E-state index is 0.717. The van der Waals surface area contributed by atoms with Crippen molar-refractivity contribution in [3.63, 3.8) is 0 Å². The molecule has 0 unspecified atom stereocenters. The molecule has 0 aromatic heterocycles. The van der Waals surface area contributed by atoms with E-state index >= 15 is 0 Å². The predicted octanol–water partition coefficient (Wildman–Crippen LogP) is 3.36. The zero-order chi connectivity index (χ0) is 12.4. The molecule has 1 heterocycles. The summed E-state index contributed by atoms with van der Waals surface area (Å²) in [6.07, 6.45) is 9.32. The normalized spacial score (nSPS) is 19.9. The van der Waals surface area contributed by atoms with Crippen molar-refractivity contribution in [2.24, 2.45) is 5.92 Å². The summed E-state index contributed by atoms with van der Waals surface area (Å²) >= 11 is 0. The fourth-order valence-electron chi connectivity index (χ4n) is 3.16. The van der Waals surface area contributed by atoms with Gasteiger partial charge in [0.1, 0.15) is 12.3 Å². The first-order valence-corrected chi connectivity index (χ1v) is 7.14. The Bertz CT molecular complexity index is 458. The van der Waals surface area contributed by atoms with E-state index in [1.54, 1.807) is 0 Å². The van der Waals surface area contributed by atoms with Crippen molar-refractivity contribution in [1.29, 1.82) is 0 Å². The molecule has 0 saturated heterocycles. The summed E-state index contributed by atoms with van der Waals surface area (Å²) < 4.78 is 8.25. The Hall–Kier alpha value is -1.31. The van der Waals surface area contributed by atoms with Gasteiger partial charge in [-0.1, -0.05) is 31.4 Å². The molecule has 0 spiro atoms. The molecule has 2 nitrogen and oxygen atoms in total. The second-order valence-corrected chi connectivity index (χ2v) is 5.67. The molecule has 3 rings (SSSR count). The van der Waals surface area contributed by atoms with Gasteiger partial charge in [0, 0.05) is 5.92 Å². The maximum Gasteiger partial charge on any atom is 0.287 e. The lowest BCUT2D eigenvalue weighted by molar-refractivity contribution is -0.563. The van der Waals surface area contributed by atoms with Crippen LogP contribution in [0.15, 0.2) is 18.2 Å². The van der Waals surface area contributed by atoms with E-state index in [2.05, 4.69) is 35.9 Å². The van der Waals surface area contributed by atoms with E-state index in [9.17, 15) is 0 Å². The second-order valence-electron chi connectivity index (χ2n) is 5.67. The van der Waals surface area contributed by atoms with E-state index in [1.165, 1.54) is 43.2 Å². The standard InChI is InChI=1S/C16H22NO/c1-13-6-5-9-15-11-17(12-18-16(13)15)10-14-7-3-2-4-8-14/h5-6,9,11,14H,2-4,7-8,10,12H2,1H3/q+1. The molecule has 0 N–H and O–H groups in total. The second kappa shape index (κ2) is 5.13. The number of nitrogens with zero attached hydrogens (tertiary/aromatic N) is 1. The molecule has 1 aliphatic carbocycles. The van der Waals surface area contributed by atoms with Gasteiger partial charge in [0.05, 0.1) is 5.56 Å². The molecule has 18 heavy (non-hydrogen) atoms. The van der Waals surface area contributed by atoms with E-state index in [1.807, 2.05) is 0 Å². The van der Waals surface area contributed by atoms with Crippen molar-refractivity contribution in [1.82, 2.24) is 0 Å². The maximum atomic E-state index is 5.90. The van der Waals surface area contributed by atoms with Crippen LogP contribution in [0.25, 0.3) is 0 Å². The van der Waals surface area contributed by atoms with Gasteiger partial charge >= 0.3 is 0 Å². The molecule has 0 radical (unpaired) electrons. The summed E-state index contributed by atoms with van der Waals surface area (Å²) in [5.74, 6) is 1.93. The van der Waals surface area contributed by atoms with Crippen molar-refractivity contribution < 1.29 is 9.31 Å². The molecular weight excluding hydrogens is 222 g/mol. The Labute approximate surface area is 109 Å². The van der Waals surface area contributed by atoms with Gasteiger partial charge in [0.2, 0.25) is 0 Å². The number of benzene rings is 1. The van der Waals surface area contributed by atoms with Crippen LogP contribution in [-0.4, -0.2) is 24.1 Å². The van der Waals surface area contributed by atoms with Gasteiger partial charge < -0.3 is 4.74 Å². The van der Waals surface area contributed by atoms with E-state index in [0.29, 0.717) is 6.73 Å². The number of ether oxygens (including phenoxy) is 1. The molecule has 1 fully saturated rings. The van der Waals surface area contributed by atoms with Crippen molar-refractivity contribution in [2.75, 3.05) is 13.3 Å². The van der Waals surface area contributed by atoms with E-state index in [-0.39, 0.29) is 0 Å². The number of fused-ring (bicyclic) bond motifs is 1. The number of rotatable bonds is 2. The molecule has 0 atom stereocenters. The zero-order valence-electron chi connectivity index (χ0n) is 11.2. The van der Waals surface area contributed by atoms with E-state index in [0.717, 1.165) is 18.2 Å². The Balaban J connectivity index is 1.74. The summed E-state index contributed by atoms with van der Waals surface area (Å²) in [4.78, 5) is 0. The average molecular weight is 244 g/mol. The first kappa shape index (κ1) is 11.8. The minimum atomic E-state index is 0.717. The van der Waals surface area contributed by atoms with Gasteiger partial charge in [-0.3, -0.25) is 0 Å². The molecular formula is C16H22NO+. The Kier molecular flexibility index (Phi) is 3.35. The summed E-state index contributed by atoms with van der Waals surface area (Å²) in [6, 6.07) is 6.37. The number of hydrogen-bond donors (Lipinski definition) is 0. The third-order valence-electron chi connectivity index (χ3n) is 4.16. The Morgan fingerprint density at radius 1 is 1.22 bits per heavy atom. The van der Waals surface area contributed by atoms with Crippen LogP contribution < -0.4 is 4.74 Å². The highest BCUT2D eigenvalue weighted by atomic mass is 16.5. The van der Waals surface area contributed by atoms with Crippen LogP contribution in [0, 0.1) is 12.8 Å². The lowest BCUT2D eigenvalue weighted by Crippen LogP contribution is -2.30. The van der Waals surface area contributed by atoms with Gasteiger partial charge in [-0.15, -0.1) is 0 Å². The zero-order valence-corrected chi connectivity index (χ0v) is 11.2. The molecule has 2 heteroatoms. The van der Waals surface area contributed by atoms with Crippen LogP contribution in [-0.2, 0) is 0 Å². The molecule has 1 aromatic carbocycles. The lowest BCUT2D eigenvalue weighted by Gasteiger charge is -2.22. The van der Waals surface area contributed by atoms with E-state index < -0.39 is 0 Å². The van der Waals surface area contributed by atoms with Crippen molar-refractivity contribution in [3.05, 3.63) is 29.3 Å². The molecule has 96 valence electrons. The monoisotopic (exact) mass is 244 g/mol. The molecule has 0 bridgehead atoms. The molecule has 1 aromatic rings. The highest BCUT2D eigenvalue weighted by Crippen LogP contribution is 2.26.